The summed E-state index contributed by atoms with van der Waals surface area (Å²) in [5.41, 5.74) is 1.12. The largest absolute Gasteiger partial charge is 0.396 e. The fraction of sp³-hybridized carbons (Fsp3) is 0.273. The first-order chi connectivity index (χ1) is 7.78. The van der Waals surface area contributed by atoms with Crippen molar-refractivity contribution in [3.63, 3.8) is 0 Å². The predicted octanol–water partition coefficient (Wildman–Crippen LogP) is 1.96. The number of benzene rings is 1. The lowest BCUT2D eigenvalue weighted by Crippen LogP contribution is -1.93. The third-order valence-corrected chi connectivity index (χ3v) is 2.64. The lowest BCUT2D eigenvalue weighted by molar-refractivity contribution is 0.274. The van der Waals surface area contributed by atoms with Crippen LogP contribution in [0.2, 0.25) is 0 Å². The van der Waals surface area contributed by atoms with Crippen LogP contribution in [0.1, 0.15) is 17.3 Å². The molecule has 0 fully saturated rings. The van der Waals surface area contributed by atoms with Gasteiger partial charge < -0.3 is 9.63 Å². The molecule has 2 aromatic rings. The van der Waals surface area contributed by atoms with E-state index in [4.69, 9.17) is 9.63 Å². The van der Waals surface area contributed by atoms with Crippen molar-refractivity contribution in [2.45, 2.75) is 12.8 Å². The number of hydrogen-bond acceptors (Lipinski definition) is 4. The van der Waals surface area contributed by atoms with Gasteiger partial charge in [-0.3, -0.25) is 0 Å². The molecule has 16 heavy (non-hydrogen) atoms. The molecule has 0 aliphatic carbocycles. The van der Waals surface area contributed by atoms with E-state index in [-0.39, 0.29) is 6.61 Å². The van der Waals surface area contributed by atoms with Crippen molar-refractivity contribution in [3.8, 4) is 0 Å². The molecule has 1 heterocycles. The second kappa shape index (κ2) is 5.23. The van der Waals surface area contributed by atoms with Gasteiger partial charge in [0, 0.05) is 10.9 Å². The number of aromatic nitrogens is 2. The van der Waals surface area contributed by atoms with Gasteiger partial charge in [-0.2, -0.15) is 4.98 Å². The Morgan fingerprint density at radius 1 is 1.25 bits per heavy atom. The molecule has 4 nitrogen and oxygen atoms in total. The van der Waals surface area contributed by atoms with E-state index in [1.165, 1.54) is 0 Å². The van der Waals surface area contributed by atoms with E-state index < -0.39 is 0 Å². The Balaban J connectivity index is 2.05. The fourth-order valence-corrected chi connectivity index (χ4v) is 1.61. The molecule has 0 spiro atoms. The van der Waals surface area contributed by atoms with Crippen LogP contribution in [0.3, 0.4) is 0 Å². The Labute approximate surface area is 101 Å². The van der Waals surface area contributed by atoms with Gasteiger partial charge in [-0.1, -0.05) is 33.2 Å². The fourth-order valence-electron chi connectivity index (χ4n) is 1.34. The van der Waals surface area contributed by atoms with Gasteiger partial charge >= 0.3 is 0 Å². The highest BCUT2D eigenvalue weighted by atomic mass is 79.9. The molecule has 0 aliphatic rings. The molecule has 0 saturated carbocycles. The van der Waals surface area contributed by atoms with E-state index >= 15 is 0 Å². The Kier molecular flexibility index (Phi) is 3.69. The first-order valence-corrected chi connectivity index (χ1v) is 5.74. The van der Waals surface area contributed by atoms with Crippen LogP contribution in [0.15, 0.2) is 33.3 Å². The third kappa shape index (κ3) is 2.90. The monoisotopic (exact) mass is 282 g/mol. The van der Waals surface area contributed by atoms with Crippen molar-refractivity contribution in [2.75, 3.05) is 6.61 Å². The summed E-state index contributed by atoms with van der Waals surface area (Å²) in [5, 5.41) is 12.6. The molecular formula is C11H11BrN2O2. The van der Waals surface area contributed by atoms with Gasteiger partial charge in [0.2, 0.25) is 5.89 Å². The van der Waals surface area contributed by atoms with Crippen molar-refractivity contribution >= 4 is 15.9 Å². The van der Waals surface area contributed by atoms with E-state index in [9.17, 15) is 0 Å². The molecular weight excluding hydrogens is 272 g/mol. The van der Waals surface area contributed by atoms with Crippen LogP contribution in [0.5, 0.6) is 0 Å². The maximum atomic E-state index is 8.72. The standard InChI is InChI=1S/C11H11BrN2O2/c12-9-3-1-8(2-4-9)7-10-13-11(5-6-15)16-14-10/h1-4,15H,5-7H2. The van der Waals surface area contributed by atoms with E-state index in [0.717, 1.165) is 10.0 Å². The van der Waals surface area contributed by atoms with Crippen molar-refractivity contribution < 1.29 is 9.63 Å². The smallest absolute Gasteiger partial charge is 0.228 e. The number of aliphatic hydroxyl groups is 1. The molecule has 1 N–H and O–H groups in total. The summed E-state index contributed by atoms with van der Waals surface area (Å²) in [6.07, 6.45) is 1.05. The van der Waals surface area contributed by atoms with Crippen LogP contribution >= 0.6 is 15.9 Å². The van der Waals surface area contributed by atoms with E-state index in [1.807, 2.05) is 24.3 Å². The molecule has 0 amide bonds. The zero-order valence-electron chi connectivity index (χ0n) is 8.56. The maximum Gasteiger partial charge on any atom is 0.228 e. The van der Waals surface area contributed by atoms with E-state index in [2.05, 4.69) is 26.1 Å². The van der Waals surface area contributed by atoms with Gasteiger partial charge in [0.05, 0.1) is 13.0 Å². The summed E-state index contributed by atoms with van der Waals surface area (Å²) in [6.45, 7) is 0.0277. The minimum absolute atomic E-state index is 0.0277. The number of nitrogens with zero attached hydrogens (tertiary/aromatic N) is 2. The lowest BCUT2D eigenvalue weighted by Gasteiger charge is -1.96. The van der Waals surface area contributed by atoms with Gasteiger partial charge in [-0.05, 0) is 17.7 Å². The molecule has 1 aromatic heterocycles. The number of aliphatic hydroxyl groups excluding tert-OH is 1. The zero-order valence-corrected chi connectivity index (χ0v) is 10.1. The highest BCUT2D eigenvalue weighted by molar-refractivity contribution is 9.10. The van der Waals surface area contributed by atoms with Crippen molar-refractivity contribution in [2.24, 2.45) is 0 Å². The van der Waals surface area contributed by atoms with Crippen LogP contribution in [-0.2, 0) is 12.8 Å². The number of halogens is 1. The first kappa shape index (κ1) is 11.3. The van der Waals surface area contributed by atoms with Crippen LogP contribution in [0.25, 0.3) is 0 Å². The average Bonchev–Trinajstić information content (AvgIpc) is 2.70. The van der Waals surface area contributed by atoms with Crippen LogP contribution in [0.4, 0.5) is 0 Å². The quantitative estimate of drug-likeness (QED) is 0.931. The van der Waals surface area contributed by atoms with Crippen molar-refractivity contribution in [1.82, 2.24) is 10.1 Å². The Morgan fingerprint density at radius 3 is 2.69 bits per heavy atom. The molecule has 5 heteroatoms. The molecule has 0 saturated heterocycles. The van der Waals surface area contributed by atoms with Gasteiger partial charge in [0.25, 0.3) is 0 Å². The molecule has 0 aliphatic heterocycles. The van der Waals surface area contributed by atoms with Gasteiger partial charge in [0.1, 0.15) is 0 Å². The average molecular weight is 283 g/mol. The summed E-state index contributed by atoms with van der Waals surface area (Å²) >= 11 is 3.38. The Morgan fingerprint density at radius 2 is 2.00 bits per heavy atom. The van der Waals surface area contributed by atoms with E-state index in [1.54, 1.807) is 0 Å². The predicted molar refractivity (Wildman–Crippen MR) is 62.0 cm³/mol. The lowest BCUT2D eigenvalue weighted by atomic mass is 10.1. The number of rotatable bonds is 4. The van der Waals surface area contributed by atoms with Gasteiger partial charge in [-0.15, -0.1) is 0 Å². The van der Waals surface area contributed by atoms with Crippen LogP contribution in [0, 0.1) is 0 Å². The third-order valence-electron chi connectivity index (χ3n) is 2.11. The summed E-state index contributed by atoms with van der Waals surface area (Å²) in [6, 6.07) is 7.96. The topological polar surface area (TPSA) is 59.2 Å². The van der Waals surface area contributed by atoms with Crippen molar-refractivity contribution in [1.29, 1.82) is 0 Å². The minimum Gasteiger partial charge on any atom is -0.396 e. The Hall–Kier alpha value is -1.20. The second-order valence-electron chi connectivity index (χ2n) is 3.38. The highest BCUT2D eigenvalue weighted by Crippen LogP contribution is 2.13. The summed E-state index contributed by atoms with van der Waals surface area (Å²) < 4.78 is 6.02. The molecule has 0 unspecified atom stereocenters. The minimum atomic E-state index is 0.0277. The molecule has 2 rings (SSSR count). The second-order valence-corrected chi connectivity index (χ2v) is 4.30. The summed E-state index contributed by atoms with van der Waals surface area (Å²) in [5.74, 6) is 1.13. The SMILES string of the molecule is OCCc1nc(Cc2ccc(Br)cc2)no1. The molecule has 0 atom stereocenters. The highest BCUT2D eigenvalue weighted by Gasteiger charge is 2.06. The van der Waals surface area contributed by atoms with Crippen LogP contribution in [-0.4, -0.2) is 21.9 Å². The van der Waals surface area contributed by atoms with Crippen molar-refractivity contribution in [3.05, 3.63) is 46.0 Å². The Bertz CT molecular complexity index is 453. The maximum absolute atomic E-state index is 8.72. The zero-order chi connectivity index (χ0) is 11.4. The van der Waals surface area contributed by atoms with Gasteiger partial charge in [0.15, 0.2) is 5.82 Å². The molecule has 1 aromatic carbocycles. The van der Waals surface area contributed by atoms with Crippen LogP contribution < -0.4 is 0 Å². The van der Waals surface area contributed by atoms with E-state index in [0.29, 0.717) is 24.6 Å². The first-order valence-electron chi connectivity index (χ1n) is 4.94. The normalized spacial score (nSPS) is 10.6. The summed E-state index contributed by atoms with van der Waals surface area (Å²) in [7, 11) is 0. The number of hydrogen-bond donors (Lipinski definition) is 1. The van der Waals surface area contributed by atoms with Gasteiger partial charge in [-0.25, -0.2) is 0 Å². The molecule has 0 bridgehead atoms. The molecule has 84 valence electrons. The summed E-state index contributed by atoms with van der Waals surface area (Å²) in [4.78, 5) is 4.17. The molecule has 0 radical (unpaired) electrons.